The van der Waals surface area contributed by atoms with E-state index in [1.807, 2.05) is 0 Å². The van der Waals surface area contributed by atoms with Gasteiger partial charge >= 0.3 is 6.18 Å². The Kier molecular flexibility index (Phi) is 6.00. The van der Waals surface area contributed by atoms with E-state index >= 15 is 0 Å². The fraction of sp³-hybridized carbons (Fsp3) is 0.600. The van der Waals surface area contributed by atoms with Gasteiger partial charge in [0, 0.05) is 38.9 Å². The lowest BCUT2D eigenvalue weighted by Crippen LogP contribution is -2.46. The summed E-state index contributed by atoms with van der Waals surface area (Å²) in [6.07, 6.45) is -3.00. The maximum atomic E-state index is 12.7. The predicted molar refractivity (Wildman–Crippen MR) is 83.1 cm³/mol. The Bertz CT molecular complexity index is 573. The molecule has 2 rings (SSSR count). The molecule has 24 heavy (non-hydrogen) atoms. The predicted octanol–water partition coefficient (Wildman–Crippen LogP) is 2.51. The number of benzene rings is 1. The largest absolute Gasteiger partial charge is 0.416 e. The number of aliphatic hydroxyl groups is 1. The minimum Gasteiger partial charge on any atom is -0.396 e. The van der Waals surface area contributed by atoms with Crippen molar-refractivity contribution in [2.45, 2.75) is 19.0 Å². The maximum absolute atomic E-state index is 12.7. The summed E-state index contributed by atoms with van der Waals surface area (Å²) in [5, 5.41) is 19.9. The highest BCUT2D eigenvalue weighted by molar-refractivity contribution is 5.65. The van der Waals surface area contributed by atoms with Crippen LogP contribution in [0.5, 0.6) is 0 Å². The van der Waals surface area contributed by atoms with Crippen molar-refractivity contribution in [2.75, 3.05) is 44.2 Å². The van der Waals surface area contributed by atoms with E-state index in [4.69, 9.17) is 5.11 Å². The van der Waals surface area contributed by atoms with Crippen LogP contribution in [-0.4, -0.2) is 54.3 Å². The van der Waals surface area contributed by atoms with Gasteiger partial charge in [0.15, 0.2) is 0 Å². The third-order valence-corrected chi connectivity index (χ3v) is 4.09. The zero-order chi connectivity index (χ0) is 17.7. The number of unbranched alkanes of at least 4 members (excludes halogenated alkanes) is 1. The fourth-order valence-corrected chi connectivity index (χ4v) is 2.77. The number of nitro benzene ring substituents is 1. The number of piperazine rings is 1. The molecular weight excluding hydrogens is 327 g/mol. The number of rotatable bonds is 6. The molecule has 1 aliphatic rings. The first-order valence-electron chi connectivity index (χ1n) is 7.76. The molecule has 0 amide bonds. The smallest absolute Gasteiger partial charge is 0.396 e. The lowest BCUT2D eigenvalue weighted by molar-refractivity contribution is -0.384. The number of anilines is 1. The van der Waals surface area contributed by atoms with Gasteiger partial charge in [0.1, 0.15) is 5.69 Å². The van der Waals surface area contributed by atoms with Gasteiger partial charge in [-0.15, -0.1) is 0 Å². The summed E-state index contributed by atoms with van der Waals surface area (Å²) in [4.78, 5) is 14.3. The highest BCUT2D eigenvalue weighted by atomic mass is 19.4. The average Bonchev–Trinajstić information content (AvgIpc) is 2.54. The van der Waals surface area contributed by atoms with Crippen molar-refractivity contribution in [3.8, 4) is 0 Å². The molecule has 1 aromatic rings. The Balaban J connectivity index is 2.08. The number of hydrogen-bond donors (Lipinski definition) is 1. The fourth-order valence-electron chi connectivity index (χ4n) is 2.77. The van der Waals surface area contributed by atoms with E-state index in [2.05, 4.69) is 4.90 Å². The highest BCUT2D eigenvalue weighted by Crippen LogP contribution is 2.36. The zero-order valence-corrected chi connectivity index (χ0v) is 13.1. The molecule has 6 nitrogen and oxygen atoms in total. The van der Waals surface area contributed by atoms with Gasteiger partial charge in [-0.25, -0.2) is 0 Å². The number of nitrogens with zero attached hydrogens (tertiary/aromatic N) is 3. The lowest BCUT2D eigenvalue weighted by Gasteiger charge is -2.35. The molecule has 0 radical (unpaired) electrons. The average molecular weight is 347 g/mol. The van der Waals surface area contributed by atoms with Gasteiger partial charge in [0.25, 0.3) is 5.69 Å². The van der Waals surface area contributed by atoms with E-state index in [1.54, 1.807) is 4.90 Å². The number of alkyl halides is 3. The molecule has 1 N–H and O–H groups in total. The van der Waals surface area contributed by atoms with Crippen molar-refractivity contribution in [3.63, 3.8) is 0 Å². The normalized spacial score (nSPS) is 16.4. The minimum absolute atomic E-state index is 0.151. The van der Waals surface area contributed by atoms with E-state index in [0.717, 1.165) is 25.5 Å². The SMILES string of the molecule is O=[N+]([O-])c1cc(C(F)(F)F)ccc1N1CCN(CCCCO)CC1. The topological polar surface area (TPSA) is 69.9 Å². The van der Waals surface area contributed by atoms with Gasteiger partial charge in [-0.05, 0) is 31.5 Å². The van der Waals surface area contributed by atoms with Crippen LogP contribution in [0.4, 0.5) is 24.5 Å². The maximum Gasteiger partial charge on any atom is 0.416 e. The van der Waals surface area contributed by atoms with E-state index in [9.17, 15) is 23.3 Å². The van der Waals surface area contributed by atoms with Crippen molar-refractivity contribution in [2.24, 2.45) is 0 Å². The molecule has 0 aromatic heterocycles. The van der Waals surface area contributed by atoms with Crippen molar-refractivity contribution in [1.82, 2.24) is 4.90 Å². The molecular formula is C15H20F3N3O3. The van der Waals surface area contributed by atoms with Gasteiger partial charge in [0.2, 0.25) is 0 Å². The van der Waals surface area contributed by atoms with Crippen LogP contribution in [0.1, 0.15) is 18.4 Å². The minimum atomic E-state index is -4.60. The van der Waals surface area contributed by atoms with E-state index in [0.29, 0.717) is 32.2 Å². The van der Waals surface area contributed by atoms with E-state index in [1.165, 1.54) is 6.07 Å². The molecule has 0 unspecified atom stereocenters. The quantitative estimate of drug-likeness (QED) is 0.486. The standard InChI is InChI=1S/C15H20F3N3O3/c16-15(17,18)12-3-4-13(14(11-12)21(23)24)20-8-6-19(7-9-20)5-1-2-10-22/h3-4,11,22H,1-2,5-10H2. The van der Waals surface area contributed by atoms with Crippen molar-refractivity contribution in [3.05, 3.63) is 33.9 Å². The summed E-state index contributed by atoms with van der Waals surface area (Å²) >= 11 is 0. The Hall–Kier alpha value is -1.87. The summed E-state index contributed by atoms with van der Waals surface area (Å²) in [5.41, 5.74) is -1.30. The number of aliphatic hydroxyl groups excluding tert-OH is 1. The first-order chi connectivity index (χ1) is 11.3. The summed E-state index contributed by atoms with van der Waals surface area (Å²) in [6, 6.07) is 2.67. The van der Waals surface area contributed by atoms with Gasteiger partial charge < -0.3 is 10.0 Å². The van der Waals surface area contributed by atoms with Gasteiger partial charge in [0.05, 0.1) is 10.5 Å². The lowest BCUT2D eigenvalue weighted by atomic mass is 10.1. The Labute approximate surface area is 137 Å². The van der Waals surface area contributed by atoms with Crippen LogP contribution in [0, 0.1) is 10.1 Å². The Morgan fingerprint density at radius 3 is 2.38 bits per heavy atom. The van der Waals surface area contributed by atoms with Crippen LogP contribution in [0.15, 0.2) is 18.2 Å². The first-order valence-corrected chi connectivity index (χ1v) is 7.76. The second-order valence-electron chi connectivity index (χ2n) is 5.72. The summed E-state index contributed by atoms with van der Waals surface area (Å²) in [5.74, 6) is 0. The molecule has 9 heteroatoms. The third kappa shape index (κ3) is 4.57. The summed E-state index contributed by atoms with van der Waals surface area (Å²) in [6.45, 7) is 3.39. The van der Waals surface area contributed by atoms with Crippen LogP contribution in [0.25, 0.3) is 0 Å². The van der Waals surface area contributed by atoms with Crippen LogP contribution < -0.4 is 4.90 Å². The van der Waals surface area contributed by atoms with Crippen molar-refractivity contribution in [1.29, 1.82) is 0 Å². The third-order valence-electron chi connectivity index (χ3n) is 4.09. The van der Waals surface area contributed by atoms with Crippen LogP contribution in [-0.2, 0) is 6.18 Å². The number of halogens is 3. The van der Waals surface area contributed by atoms with Crippen LogP contribution in [0.2, 0.25) is 0 Å². The van der Waals surface area contributed by atoms with Gasteiger partial charge in [-0.3, -0.25) is 15.0 Å². The molecule has 0 saturated carbocycles. The van der Waals surface area contributed by atoms with Crippen LogP contribution in [0.3, 0.4) is 0 Å². The van der Waals surface area contributed by atoms with Gasteiger partial charge in [-0.2, -0.15) is 13.2 Å². The Morgan fingerprint density at radius 1 is 1.17 bits per heavy atom. The Morgan fingerprint density at radius 2 is 1.83 bits per heavy atom. The molecule has 0 bridgehead atoms. The second kappa shape index (κ2) is 7.80. The molecule has 1 saturated heterocycles. The summed E-state index contributed by atoms with van der Waals surface area (Å²) < 4.78 is 38.2. The molecule has 1 fully saturated rings. The first kappa shape index (κ1) is 18.5. The van der Waals surface area contributed by atoms with Crippen molar-refractivity contribution < 1.29 is 23.2 Å². The van der Waals surface area contributed by atoms with E-state index < -0.39 is 22.4 Å². The molecule has 1 aromatic carbocycles. The van der Waals surface area contributed by atoms with Crippen LogP contribution >= 0.6 is 0 Å². The van der Waals surface area contributed by atoms with Crippen molar-refractivity contribution >= 4 is 11.4 Å². The molecule has 0 atom stereocenters. The molecule has 134 valence electrons. The monoisotopic (exact) mass is 347 g/mol. The molecule has 1 aliphatic heterocycles. The number of nitro groups is 1. The summed E-state index contributed by atoms with van der Waals surface area (Å²) in [7, 11) is 0. The van der Waals surface area contributed by atoms with E-state index in [-0.39, 0.29) is 12.3 Å². The molecule has 0 aliphatic carbocycles. The molecule has 0 spiro atoms. The molecule has 1 heterocycles. The highest BCUT2D eigenvalue weighted by Gasteiger charge is 2.34. The number of hydrogen-bond acceptors (Lipinski definition) is 5. The second-order valence-corrected chi connectivity index (χ2v) is 5.72. The van der Waals surface area contributed by atoms with Gasteiger partial charge in [-0.1, -0.05) is 0 Å². The zero-order valence-electron chi connectivity index (χ0n) is 13.1.